The molecule has 400 valence electrons. The van der Waals surface area contributed by atoms with Crippen molar-refractivity contribution in [2.24, 2.45) is 5.92 Å². The molecule has 4 aromatic carbocycles. The van der Waals surface area contributed by atoms with E-state index in [9.17, 15) is 19.2 Å². The molecule has 1 N–H and O–H groups in total. The summed E-state index contributed by atoms with van der Waals surface area (Å²) in [5, 5.41) is 16.2. The molecule has 16 heteroatoms. The number of carboxylic acids is 1. The molecule has 2 aliphatic rings. The molecule has 8 aromatic rings. The Hall–Kier alpha value is -7.60. The van der Waals surface area contributed by atoms with Crippen LogP contribution < -0.4 is 9.47 Å². The van der Waals surface area contributed by atoms with E-state index in [-0.39, 0.29) is 50.6 Å². The first kappa shape index (κ1) is 58.1. The van der Waals surface area contributed by atoms with E-state index >= 15 is 0 Å². The zero-order valence-corrected chi connectivity index (χ0v) is 46.0. The van der Waals surface area contributed by atoms with E-state index in [0.717, 1.165) is 82.7 Å². The average Bonchev–Trinajstić information content (AvgIpc) is 4.35. The van der Waals surface area contributed by atoms with Crippen LogP contribution in [0.3, 0.4) is 0 Å². The van der Waals surface area contributed by atoms with E-state index in [1.165, 1.54) is 35.5 Å². The van der Waals surface area contributed by atoms with Crippen LogP contribution in [-0.4, -0.2) is 79.2 Å². The second-order valence-corrected chi connectivity index (χ2v) is 22.3. The number of ether oxygens (including phenoxy) is 2. The normalized spacial score (nSPS) is 14.5. The highest BCUT2D eigenvalue weighted by atomic mass is 32.1. The molecule has 0 radical (unpaired) electrons. The Kier molecular flexibility index (Phi) is 21.4. The molecule has 1 saturated carbocycles. The molecular formula is C62H61N5O7S4. The average molecular weight is 1120 g/mol. The van der Waals surface area contributed by atoms with E-state index in [0.29, 0.717) is 36.7 Å². The number of likely N-dealkylation sites (tertiary alicyclic amines) is 1. The summed E-state index contributed by atoms with van der Waals surface area (Å²) in [7, 11) is 0. The molecule has 1 aliphatic heterocycles. The number of ketones is 2. The number of rotatable bonds is 18. The number of hydrogen-bond acceptors (Lipinski definition) is 14. The molecule has 1 saturated heterocycles. The summed E-state index contributed by atoms with van der Waals surface area (Å²) in [6, 6.07) is 33.9. The number of aliphatic carboxylic acids is 1. The lowest BCUT2D eigenvalue weighted by atomic mass is 9.98. The second kappa shape index (κ2) is 28.7. The maximum Gasteiger partial charge on any atom is 0.310 e. The number of terminal acetylenes is 2. The van der Waals surface area contributed by atoms with Crippen LogP contribution in [0.1, 0.15) is 92.5 Å². The van der Waals surface area contributed by atoms with E-state index in [2.05, 4.69) is 33.9 Å². The second-order valence-electron chi connectivity index (χ2n) is 18.4. The molecule has 3 atom stereocenters. The third-order valence-corrected chi connectivity index (χ3v) is 17.2. The fourth-order valence-electron chi connectivity index (χ4n) is 9.11. The number of hydrogen-bond donors (Lipinski definition) is 1. The highest BCUT2D eigenvalue weighted by molar-refractivity contribution is 7.21. The van der Waals surface area contributed by atoms with Crippen molar-refractivity contribution in [2.45, 2.75) is 90.5 Å². The van der Waals surface area contributed by atoms with Gasteiger partial charge in [0, 0.05) is 69.3 Å². The van der Waals surface area contributed by atoms with Gasteiger partial charge < -0.3 is 19.5 Å². The number of carbonyl (C=O) groups excluding carboxylic acids is 3. The van der Waals surface area contributed by atoms with Gasteiger partial charge in [-0.15, -0.1) is 58.2 Å². The number of benzene rings is 4. The first-order valence-corrected chi connectivity index (χ1v) is 28.7. The van der Waals surface area contributed by atoms with Crippen molar-refractivity contribution in [1.82, 2.24) is 24.8 Å². The highest BCUT2D eigenvalue weighted by Gasteiger charge is 2.37. The van der Waals surface area contributed by atoms with E-state index in [1.807, 2.05) is 90.5 Å². The molecule has 1 amide bonds. The van der Waals surface area contributed by atoms with Crippen molar-refractivity contribution < 1.29 is 33.8 Å². The third-order valence-electron chi connectivity index (χ3n) is 13.3. The van der Waals surface area contributed by atoms with Crippen LogP contribution in [-0.2, 0) is 32.0 Å². The quantitative estimate of drug-likeness (QED) is 0.0814. The third kappa shape index (κ3) is 15.1. The fourth-order valence-corrected chi connectivity index (χ4v) is 12.7. The minimum Gasteiger partial charge on any atom is -0.481 e. The molecule has 5 heterocycles. The van der Waals surface area contributed by atoms with Crippen molar-refractivity contribution in [3.63, 3.8) is 0 Å². The maximum absolute atomic E-state index is 13.7. The number of carbonyl (C=O) groups is 4. The summed E-state index contributed by atoms with van der Waals surface area (Å²) in [5.41, 5.74) is 5.42. The predicted octanol–water partition coefficient (Wildman–Crippen LogP) is 13.6. The Bertz CT molecular complexity index is 3290. The predicted molar refractivity (Wildman–Crippen MR) is 314 cm³/mol. The smallest absolute Gasteiger partial charge is 0.310 e. The molecule has 4 aromatic heterocycles. The highest BCUT2D eigenvalue weighted by Crippen LogP contribution is 2.38. The number of amides is 1. The topological polar surface area (TPSA) is 162 Å². The summed E-state index contributed by atoms with van der Waals surface area (Å²) in [6.45, 7) is 4.52. The van der Waals surface area contributed by atoms with E-state index in [1.54, 1.807) is 71.2 Å². The number of carboxylic acid groups (broad SMARTS) is 1. The molecule has 10 rings (SSSR count). The van der Waals surface area contributed by atoms with Crippen molar-refractivity contribution in [1.29, 1.82) is 0 Å². The van der Waals surface area contributed by atoms with E-state index < -0.39 is 17.9 Å². The minimum absolute atomic E-state index is 0. The summed E-state index contributed by atoms with van der Waals surface area (Å²) in [5.74, 6) is 5.03. The van der Waals surface area contributed by atoms with Gasteiger partial charge in [0.1, 0.15) is 30.5 Å². The Labute approximate surface area is 472 Å². The zero-order chi connectivity index (χ0) is 54.1. The number of nitrogens with zero attached hydrogens (tertiary/aromatic N) is 5. The summed E-state index contributed by atoms with van der Waals surface area (Å²) >= 11 is 6.24. The van der Waals surface area contributed by atoms with Crippen molar-refractivity contribution in [2.75, 3.05) is 19.8 Å². The number of Topliss-reactive ketones (excluding diaryl/α,β-unsaturated/α-hetero) is 2. The maximum atomic E-state index is 13.7. The van der Waals surface area contributed by atoms with Gasteiger partial charge in [-0.3, -0.25) is 19.2 Å². The first-order chi connectivity index (χ1) is 37.5. The van der Waals surface area contributed by atoms with Gasteiger partial charge in [-0.05, 0) is 74.9 Å². The van der Waals surface area contributed by atoms with Gasteiger partial charge in [0.2, 0.25) is 5.91 Å². The van der Waals surface area contributed by atoms with Crippen LogP contribution >= 0.6 is 45.3 Å². The lowest BCUT2D eigenvalue weighted by molar-refractivity contribution is -0.138. The number of thiazole rings is 4. The van der Waals surface area contributed by atoms with Crippen LogP contribution in [0.5, 0.6) is 11.5 Å². The molecule has 78 heavy (non-hydrogen) atoms. The van der Waals surface area contributed by atoms with Gasteiger partial charge in [0.15, 0.2) is 25.8 Å². The molecule has 0 spiro atoms. The fraction of sp³-hybridized carbons (Fsp3) is 0.290. The lowest BCUT2D eigenvalue weighted by Crippen LogP contribution is -2.43. The minimum atomic E-state index is -0.840. The van der Waals surface area contributed by atoms with Gasteiger partial charge >= 0.3 is 5.97 Å². The number of aromatic nitrogens is 4. The Morgan fingerprint density at radius 1 is 0.628 bits per heavy atom. The molecule has 1 aliphatic carbocycles. The van der Waals surface area contributed by atoms with Crippen LogP contribution in [0.2, 0.25) is 0 Å². The Morgan fingerprint density at radius 2 is 1.09 bits per heavy atom. The molecule has 0 unspecified atom stereocenters. The molecule has 0 bridgehead atoms. The van der Waals surface area contributed by atoms with Gasteiger partial charge in [-0.1, -0.05) is 117 Å². The molecule has 2 fully saturated rings. The standard InChI is InChI=1S/C30H27N3O3S2.C19H18N2OS2.C12H12O3.CH4/c1-3-17-36-23-13-11-21(12-14-23)20(2)30(35)33-16-7-10-24(33)25(34)19-26-27(22-8-5-4-6-9-22)32-29(38-26)28-31-15-18-37-28;22-15(13-6-4-5-7-13)12-16-17(14-8-2-1-3-9-14)21-19(24-16)18-20-10-11-23-18;1-3-8-15-11-6-4-10(5-7-11)9(2)12(13)14;/h1,4-6,8-9,11-15,18,20,24H,7,10,16-17,19H2,2H3;1-3,8-11,13H,4-7,12H2;1,4-7,9H,8H2,2H3,(H,13,14);1H4/t20-,24-;;9-;/m0.0./s1. The van der Waals surface area contributed by atoms with Gasteiger partial charge in [0.05, 0.1) is 29.3 Å². The van der Waals surface area contributed by atoms with Crippen LogP contribution in [0.4, 0.5) is 0 Å². The van der Waals surface area contributed by atoms with Crippen molar-refractivity contribution in [3.05, 3.63) is 153 Å². The zero-order valence-electron chi connectivity index (χ0n) is 42.7. The Balaban J connectivity index is 0.000000188. The van der Waals surface area contributed by atoms with Crippen LogP contribution in [0.25, 0.3) is 42.5 Å². The first-order valence-electron chi connectivity index (χ1n) is 25.3. The Morgan fingerprint density at radius 3 is 1.53 bits per heavy atom. The lowest BCUT2D eigenvalue weighted by Gasteiger charge is -2.27. The van der Waals surface area contributed by atoms with Crippen LogP contribution in [0.15, 0.2) is 132 Å². The van der Waals surface area contributed by atoms with Crippen molar-refractivity contribution in [3.8, 4) is 78.7 Å². The summed E-state index contributed by atoms with van der Waals surface area (Å²) in [6.07, 6.45) is 20.6. The van der Waals surface area contributed by atoms with Crippen molar-refractivity contribution >= 4 is 68.8 Å². The molecular weight excluding hydrogens is 1050 g/mol. The van der Waals surface area contributed by atoms with Gasteiger partial charge in [-0.2, -0.15) is 0 Å². The molecule has 12 nitrogen and oxygen atoms in total. The summed E-state index contributed by atoms with van der Waals surface area (Å²) < 4.78 is 10.6. The largest absolute Gasteiger partial charge is 0.481 e. The van der Waals surface area contributed by atoms with Gasteiger partial charge in [-0.25, -0.2) is 19.9 Å². The van der Waals surface area contributed by atoms with E-state index in [4.69, 9.17) is 37.4 Å². The monoisotopic (exact) mass is 1120 g/mol. The SMILES string of the molecule is C.C#CCOc1ccc([C@H](C)C(=O)N2CCC[C@H]2C(=O)Cc2sc(-c3nccs3)nc2-c2ccccc2)cc1.C#CCOc1ccc([C@H](C)C(=O)O)cc1.O=C(Cc1sc(-c2nccs2)nc1-c1ccccc1)C1CCCC1. The van der Waals surface area contributed by atoms with Gasteiger partial charge in [0.25, 0.3) is 0 Å². The van der Waals surface area contributed by atoms with Crippen LogP contribution in [0, 0.1) is 30.6 Å². The summed E-state index contributed by atoms with van der Waals surface area (Å²) in [4.78, 5) is 72.7.